The molecule has 43 heavy (non-hydrogen) atoms. The highest BCUT2D eigenvalue weighted by Gasteiger charge is 2.12. The summed E-state index contributed by atoms with van der Waals surface area (Å²) in [6.07, 6.45) is 1.43. The molecular weight excluding hydrogens is 612 g/mol. The van der Waals surface area contributed by atoms with Crippen LogP contribution in [0.4, 0.5) is 5.69 Å². The highest BCUT2D eigenvalue weighted by molar-refractivity contribution is 9.10. The molecular formula is C33H29BrN4O5. The molecule has 2 N–H and O–H groups in total. The van der Waals surface area contributed by atoms with Gasteiger partial charge in [0.2, 0.25) is 0 Å². The fourth-order valence-electron chi connectivity index (χ4n) is 4.33. The molecule has 0 saturated carbocycles. The van der Waals surface area contributed by atoms with Crippen LogP contribution in [0.25, 0.3) is 5.69 Å². The van der Waals surface area contributed by atoms with E-state index in [2.05, 4.69) is 62.3 Å². The molecule has 0 bridgehead atoms. The maximum Gasteiger partial charge on any atom is 0.307 e. The number of aryl methyl sites for hydroxylation is 2. The van der Waals surface area contributed by atoms with Crippen LogP contribution in [0.1, 0.15) is 33.3 Å². The molecule has 0 aliphatic heterocycles. The molecule has 0 aliphatic carbocycles. The lowest BCUT2D eigenvalue weighted by Gasteiger charge is -2.10. The number of carbonyl (C=O) groups is 2. The van der Waals surface area contributed by atoms with E-state index in [1.807, 2.05) is 42.5 Å². The minimum atomic E-state index is -0.524. The molecule has 0 fully saturated rings. The van der Waals surface area contributed by atoms with Crippen molar-refractivity contribution < 1.29 is 23.5 Å². The fourth-order valence-corrected chi connectivity index (χ4v) is 4.71. The molecule has 0 aliphatic rings. The monoisotopic (exact) mass is 640 g/mol. The number of amides is 2. The number of hydrazone groups is 1. The second kappa shape index (κ2) is 13.7. The molecule has 10 heteroatoms. The van der Waals surface area contributed by atoms with Crippen molar-refractivity contribution in [2.75, 3.05) is 11.9 Å². The van der Waals surface area contributed by atoms with Crippen molar-refractivity contribution in [2.45, 2.75) is 20.5 Å². The highest BCUT2D eigenvalue weighted by atomic mass is 79.9. The quantitative estimate of drug-likeness (QED) is 0.122. The first kappa shape index (κ1) is 29.4. The van der Waals surface area contributed by atoms with Crippen molar-refractivity contribution in [3.8, 4) is 17.2 Å². The number of hydrogen-bond donors (Lipinski definition) is 2. The number of para-hydroxylation sites is 1. The van der Waals surface area contributed by atoms with E-state index in [0.29, 0.717) is 28.5 Å². The Hall–Kier alpha value is -5.09. The number of carbonyl (C=O) groups excluding carboxylic acids is 2. The van der Waals surface area contributed by atoms with E-state index in [1.165, 1.54) is 6.21 Å². The Labute approximate surface area is 257 Å². The molecule has 5 rings (SSSR count). The predicted octanol–water partition coefficient (Wildman–Crippen LogP) is 6.81. The van der Waals surface area contributed by atoms with Crippen LogP contribution in [0.15, 0.2) is 111 Å². The lowest BCUT2D eigenvalue weighted by atomic mass is 10.2. The van der Waals surface area contributed by atoms with Gasteiger partial charge in [0.25, 0.3) is 5.91 Å². The van der Waals surface area contributed by atoms with Crippen molar-refractivity contribution in [3.63, 3.8) is 0 Å². The molecule has 0 saturated heterocycles. The summed E-state index contributed by atoms with van der Waals surface area (Å²) in [5.41, 5.74) is 7.06. The topological polar surface area (TPSA) is 107 Å². The van der Waals surface area contributed by atoms with E-state index in [0.717, 1.165) is 21.5 Å². The largest absolute Gasteiger partial charge is 0.486 e. The molecule has 3 aromatic carbocycles. The molecule has 2 amide bonds. The van der Waals surface area contributed by atoms with Crippen LogP contribution in [-0.4, -0.2) is 29.2 Å². The zero-order valence-corrected chi connectivity index (χ0v) is 25.1. The second-order valence-electron chi connectivity index (χ2n) is 9.58. The number of furan rings is 1. The molecule has 218 valence electrons. The van der Waals surface area contributed by atoms with Crippen molar-refractivity contribution in [3.05, 3.63) is 130 Å². The normalized spacial score (nSPS) is 11.0. The SMILES string of the molecule is Cc1ccc(C)n1-c1ccc(OCc2ccc(C(=O)N/N=C/c3cc(Br)ccc3OCC(=O)Nc3ccccc3)o2)cc1. The van der Waals surface area contributed by atoms with Gasteiger partial charge in [-0.15, -0.1) is 0 Å². The van der Waals surface area contributed by atoms with E-state index < -0.39 is 5.91 Å². The number of hydrogen-bond acceptors (Lipinski definition) is 6. The molecule has 2 aromatic heterocycles. The maximum atomic E-state index is 12.6. The van der Waals surface area contributed by atoms with E-state index >= 15 is 0 Å². The third-order valence-electron chi connectivity index (χ3n) is 6.39. The van der Waals surface area contributed by atoms with E-state index in [9.17, 15) is 9.59 Å². The Bertz CT molecular complexity index is 1720. The molecule has 0 atom stereocenters. The molecule has 2 heterocycles. The van der Waals surface area contributed by atoms with E-state index in [1.54, 1.807) is 42.5 Å². The van der Waals surface area contributed by atoms with Crippen LogP contribution < -0.4 is 20.2 Å². The Balaban J connectivity index is 1.13. The van der Waals surface area contributed by atoms with Crippen LogP contribution in [0.2, 0.25) is 0 Å². The minimum absolute atomic E-state index is 0.0907. The van der Waals surface area contributed by atoms with Gasteiger partial charge in [-0.3, -0.25) is 9.59 Å². The minimum Gasteiger partial charge on any atom is -0.486 e. The number of ether oxygens (including phenoxy) is 2. The zero-order chi connectivity index (χ0) is 30.2. The van der Waals surface area contributed by atoms with Crippen molar-refractivity contribution in [2.24, 2.45) is 5.10 Å². The highest BCUT2D eigenvalue weighted by Crippen LogP contribution is 2.23. The third kappa shape index (κ3) is 7.81. The van der Waals surface area contributed by atoms with Gasteiger partial charge < -0.3 is 23.8 Å². The first-order valence-electron chi connectivity index (χ1n) is 13.4. The van der Waals surface area contributed by atoms with Crippen LogP contribution >= 0.6 is 15.9 Å². The van der Waals surface area contributed by atoms with E-state index in [-0.39, 0.29) is 24.9 Å². The molecule has 0 unspecified atom stereocenters. The number of nitrogens with zero attached hydrogens (tertiary/aromatic N) is 2. The summed E-state index contributed by atoms with van der Waals surface area (Å²) < 4.78 is 20.1. The van der Waals surface area contributed by atoms with Gasteiger partial charge in [-0.1, -0.05) is 34.1 Å². The predicted molar refractivity (Wildman–Crippen MR) is 168 cm³/mol. The van der Waals surface area contributed by atoms with Gasteiger partial charge in [0, 0.05) is 32.8 Å². The van der Waals surface area contributed by atoms with Gasteiger partial charge in [0.05, 0.1) is 6.21 Å². The van der Waals surface area contributed by atoms with Crippen LogP contribution in [-0.2, 0) is 11.4 Å². The summed E-state index contributed by atoms with van der Waals surface area (Å²) in [4.78, 5) is 24.9. The summed E-state index contributed by atoms with van der Waals surface area (Å²) in [6.45, 7) is 4.10. The third-order valence-corrected chi connectivity index (χ3v) is 6.88. The number of halogens is 1. The van der Waals surface area contributed by atoms with Gasteiger partial charge in [-0.05, 0) is 92.7 Å². The number of rotatable bonds is 11. The summed E-state index contributed by atoms with van der Waals surface area (Å²) in [6, 6.07) is 29.5. The van der Waals surface area contributed by atoms with Crippen molar-refractivity contribution in [1.82, 2.24) is 9.99 Å². The Morgan fingerprint density at radius 3 is 2.40 bits per heavy atom. The number of benzene rings is 3. The summed E-state index contributed by atoms with van der Waals surface area (Å²) in [5, 5.41) is 6.81. The first-order chi connectivity index (χ1) is 20.9. The van der Waals surface area contributed by atoms with Crippen molar-refractivity contribution >= 4 is 39.6 Å². The van der Waals surface area contributed by atoms with Gasteiger partial charge in [-0.25, -0.2) is 5.43 Å². The smallest absolute Gasteiger partial charge is 0.307 e. The molecule has 0 radical (unpaired) electrons. The average Bonchev–Trinajstić information content (AvgIpc) is 3.62. The van der Waals surface area contributed by atoms with Crippen LogP contribution in [0.5, 0.6) is 11.5 Å². The molecule has 9 nitrogen and oxygen atoms in total. The molecule has 0 spiro atoms. The average molecular weight is 642 g/mol. The van der Waals surface area contributed by atoms with Gasteiger partial charge >= 0.3 is 5.91 Å². The first-order valence-corrected chi connectivity index (χ1v) is 14.2. The molecule has 5 aromatic rings. The fraction of sp³-hybridized carbons (Fsp3) is 0.121. The Morgan fingerprint density at radius 2 is 1.65 bits per heavy atom. The summed E-state index contributed by atoms with van der Waals surface area (Å²) in [7, 11) is 0. The van der Waals surface area contributed by atoms with E-state index in [4.69, 9.17) is 13.9 Å². The number of anilines is 1. The number of aromatic nitrogens is 1. The maximum absolute atomic E-state index is 12.6. The summed E-state index contributed by atoms with van der Waals surface area (Å²) >= 11 is 3.42. The zero-order valence-electron chi connectivity index (χ0n) is 23.5. The Kier molecular flexibility index (Phi) is 9.38. The number of nitrogens with one attached hydrogen (secondary N) is 2. The van der Waals surface area contributed by atoms with Crippen LogP contribution in [0.3, 0.4) is 0 Å². The van der Waals surface area contributed by atoms with Crippen LogP contribution in [0, 0.1) is 13.8 Å². The van der Waals surface area contributed by atoms with Gasteiger partial charge in [-0.2, -0.15) is 5.10 Å². The second-order valence-corrected chi connectivity index (χ2v) is 10.5. The standard InChI is InChI=1S/C33H29BrN4O5/c1-22-8-9-23(2)38(22)27-11-13-28(14-12-27)41-20-29-15-17-31(43-29)33(40)37-35-19-24-18-25(34)10-16-30(24)42-21-32(39)36-26-6-4-3-5-7-26/h3-19H,20-21H2,1-2H3,(H,36,39)(H,37,40)/b35-19+. The lowest BCUT2D eigenvalue weighted by molar-refractivity contribution is -0.118. The van der Waals surface area contributed by atoms with Crippen molar-refractivity contribution in [1.29, 1.82) is 0 Å². The summed E-state index contributed by atoms with van der Waals surface area (Å²) in [5.74, 6) is 0.863. The Morgan fingerprint density at radius 1 is 0.907 bits per heavy atom. The van der Waals surface area contributed by atoms with Gasteiger partial charge in [0.1, 0.15) is 23.9 Å². The van der Waals surface area contributed by atoms with Gasteiger partial charge in [0.15, 0.2) is 12.4 Å². The lowest BCUT2D eigenvalue weighted by Crippen LogP contribution is -2.20.